The van der Waals surface area contributed by atoms with Crippen LogP contribution in [0.2, 0.25) is 0 Å². The van der Waals surface area contributed by atoms with Gasteiger partial charge in [-0.15, -0.1) is 0 Å². The molecule has 3 aromatic rings. The summed E-state index contributed by atoms with van der Waals surface area (Å²) in [6.07, 6.45) is 3.45. The zero-order chi connectivity index (χ0) is 21.8. The second-order valence-corrected chi connectivity index (χ2v) is 9.58. The topological polar surface area (TPSA) is 46.9 Å². The predicted molar refractivity (Wildman–Crippen MR) is 126 cm³/mol. The highest BCUT2D eigenvalue weighted by Crippen LogP contribution is 2.24. The molecule has 32 heavy (non-hydrogen) atoms. The SMILES string of the molecule is CC(C)n1nc(C(=O)NCC2CC[N+](C)(CCc3ccccc3)CC2)c2ccccc21.[I-]. The van der Waals surface area contributed by atoms with Crippen LogP contribution in [0, 0.1) is 5.92 Å². The van der Waals surface area contributed by atoms with Crippen molar-refractivity contribution in [2.24, 2.45) is 5.92 Å². The average molecular weight is 546 g/mol. The van der Waals surface area contributed by atoms with E-state index in [9.17, 15) is 4.79 Å². The highest BCUT2D eigenvalue weighted by atomic mass is 127. The first-order valence-electron chi connectivity index (χ1n) is 11.6. The smallest absolute Gasteiger partial charge is 0.272 e. The number of hydrogen-bond acceptors (Lipinski definition) is 2. The molecule has 4 rings (SSSR count). The van der Waals surface area contributed by atoms with Gasteiger partial charge in [0.05, 0.1) is 32.2 Å². The third-order valence-corrected chi connectivity index (χ3v) is 6.81. The van der Waals surface area contributed by atoms with Crippen molar-refractivity contribution in [2.45, 2.75) is 39.2 Å². The van der Waals surface area contributed by atoms with Gasteiger partial charge in [-0.25, -0.2) is 0 Å². The molecule has 1 aliphatic rings. The lowest BCUT2D eigenvalue weighted by Gasteiger charge is -2.40. The molecule has 5 nitrogen and oxygen atoms in total. The van der Waals surface area contributed by atoms with E-state index in [1.807, 2.05) is 28.9 Å². The molecule has 2 heterocycles. The van der Waals surface area contributed by atoms with Gasteiger partial charge >= 0.3 is 0 Å². The van der Waals surface area contributed by atoms with Crippen LogP contribution in [0.5, 0.6) is 0 Å². The standard InChI is InChI=1S/C26H34N4O.HI/c1-20(2)29-24-12-8-7-11-23(24)25(28-29)26(31)27-19-22-14-17-30(3,18-15-22)16-13-21-9-5-4-6-10-21;/h4-12,20,22H,13-19H2,1-3H3;1H. The Kier molecular flexibility index (Phi) is 8.33. The van der Waals surface area contributed by atoms with E-state index in [1.54, 1.807) is 0 Å². The van der Waals surface area contributed by atoms with Crippen LogP contribution < -0.4 is 29.3 Å². The Bertz CT molecular complexity index is 1020. The lowest BCUT2D eigenvalue weighted by atomic mass is 9.94. The highest BCUT2D eigenvalue weighted by molar-refractivity contribution is 6.04. The van der Waals surface area contributed by atoms with Crippen LogP contribution in [0.15, 0.2) is 54.6 Å². The van der Waals surface area contributed by atoms with Gasteiger partial charge in [0.1, 0.15) is 0 Å². The Morgan fingerprint density at radius 3 is 2.44 bits per heavy atom. The largest absolute Gasteiger partial charge is 1.00 e. The van der Waals surface area contributed by atoms with E-state index in [0.29, 0.717) is 11.6 Å². The fourth-order valence-electron chi connectivity index (χ4n) is 4.69. The number of rotatable bonds is 7. The number of para-hydroxylation sites is 1. The quantitative estimate of drug-likeness (QED) is 0.361. The summed E-state index contributed by atoms with van der Waals surface area (Å²) in [5.74, 6) is 0.493. The molecule has 0 aliphatic carbocycles. The Balaban J connectivity index is 0.00000289. The predicted octanol–water partition coefficient (Wildman–Crippen LogP) is 1.45. The summed E-state index contributed by atoms with van der Waals surface area (Å²) in [5.41, 5.74) is 2.99. The van der Waals surface area contributed by atoms with Crippen molar-refractivity contribution >= 4 is 16.8 Å². The Hall–Kier alpha value is -1.93. The van der Waals surface area contributed by atoms with Crippen LogP contribution in [-0.4, -0.2) is 53.4 Å². The Labute approximate surface area is 208 Å². The normalized spacial score (nSPS) is 20.8. The minimum Gasteiger partial charge on any atom is -1.00 e. The van der Waals surface area contributed by atoms with Gasteiger partial charge in [-0.3, -0.25) is 9.48 Å². The number of fused-ring (bicyclic) bond motifs is 1. The van der Waals surface area contributed by atoms with E-state index < -0.39 is 0 Å². The Morgan fingerprint density at radius 1 is 1.09 bits per heavy atom. The molecule has 1 saturated heterocycles. The molecule has 0 saturated carbocycles. The molecule has 6 heteroatoms. The molecule has 0 unspecified atom stereocenters. The minimum absolute atomic E-state index is 0. The number of likely N-dealkylation sites (N-methyl/N-ethyl adjacent to an activating group) is 1. The average Bonchev–Trinajstić information content (AvgIpc) is 3.18. The van der Waals surface area contributed by atoms with E-state index in [0.717, 1.165) is 41.2 Å². The van der Waals surface area contributed by atoms with Crippen LogP contribution in [0.25, 0.3) is 10.9 Å². The number of hydrogen-bond donors (Lipinski definition) is 1. The Morgan fingerprint density at radius 2 is 1.75 bits per heavy atom. The molecule has 0 bridgehead atoms. The van der Waals surface area contributed by atoms with Crippen molar-refractivity contribution in [3.63, 3.8) is 0 Å². The van der Waals surface area contributed by atoms with Gasteiger partial charge in [0.2, 0.25) is 0 Å². The number of quaternary nitrogens is 1. The van der Waals surface area contributed by atoms with Crippen molar-refractivity contribution < 1.29 is 33.3 Å². The monoisotopic (exact) mass is 546 g/mol. The lowest BCUT2D eigenvalue weighted by molar-refractivity contribution is -0.915. The van der Waals surface area contributed by atoms with E-state index in [-0.39, 0.29) is 35.9 Å². The molecule has 0 spiro atoms. The maximum absolute atomic E-state index is 12.9. The van der Waals surface area contributed by atoms with E-state index in [4.69, 9.17) is 0 Å². The molecule has 0 atom stereocenters. The van der Waals surface area contributed by atoms with Gasteiger partial charge in [-0.2, -0.15) is 5.10 Å². The van der Waals surface area contributed by atoms with Crippen molar-refractivity contribution in [3.05, 3.63) is 65.9 Å². The molecule has 0 radical (unpaired) electrons. The number of benzene rings is 2. The molecule has 172 valence electrons. The van der Waals surface area contributed by atoms with E-state index in [1.165, 1.54) is 25.2 Å². The van der Waals surface area contributed by atoms with Crippen LogP contribution in [-0.2, 0) is 6.42 Å². The minimum atomic E-state index is -0.0532. The van der Waals surface area contributed by atoms with Crippen molar-refractivity contribution in [3.8, 4) is 0 Å². The van der Waals surface area contributed by atoms with Crippen LogP contribution in [0.1, 0.15) is 48.8 Å². The molecular weight excluding hydrogens is 511 g/mol. The fourth-order valence-corrected chi connectivity index (χ4v) is 4.69. The fraction of sp³-hybridized carbons (Fsp3) is 0.462. The number of carbonyl (C=O) groups is 1. The first-order chi connectivity index (χ1) is 15.0. The summed E-state index contributed by atoms with van der Waals surface area (Å²) in [4.78, 5) is 12.9. The summed E-state index contributed by atoms with van der Waals surface area (Å²) >= 11 is 0. The zero-order valence-corrected chi connectivity index (χ0v) is 21.6. The van der Waals surface area contributed by atoms with Gasteiger partial charge in [0.15, 0.2) is 5.69 Å². The second kappa shape index (κ2) is 10.8. The highest BCUT2D eigenvalue weighted by Gasteiger charge is 2.30. The van der Waals surface area contributed by atoms with E-state index >= 15 is 0 Å². The maximum atomic E-state index is 12.9. The van der Waals surface area contributed by atoms with Gasteiger partial charge in [-0.05, 0) is 31.4 Å². The first-order valence-corrected chi connectivity index (χ1v) is 11.6. The molecule has 1 fully saturated rings. The number of amides is 1. The number of piperidine rings is 1. The molecule has 1 amide bonds. The summed E-state index contributed by atoms with van der Waals surface area (Å²) in [6.45, 7) is 8.46. The molecule has 1 N–H and O–H groups in total. The zero-order valence-electron chi connectivity index (χ0n) is 19.4. The lowest BCUT2D eigenvalue weighted by Crippen LogP contribution is -3.00. The molecule has 2 aromatic carbocycles. The first kappa shape index (κ1) is 24.7. The third kappa shape index (κ3) is 5.70. The number of likely N-dealkylation sites (tertiary alicyclic amines) is 1. The number of halogens is 1. The number of nitrogens with zero attached hydrogens (tertiary/aromatic N) is 3. The number of nitrogens with one attached hydrogen (secondary N) is 1. The summed E-state index contributed by atoms with van der Waals surface area (Å²) in [5, 5.41) is 8.74. The maximum Gasteiger partial charge on any atom is 0.272 e. The van der Waals surface area contributed by atoms with Gasteiger partial charge in [0, 0.05) is 37.2 Å². The van der Waals surface area contributed by atoms with Gasteiger partial charge in [-0.1, -0.05) is 48.5 Å². The molecule has 1 aromatic heterocycles. The number of aromatic nitrogens is 2. The van der Waals surface area contributed by atoms with Crippen LogP contribution in [0.4, 0.5) is 0 Å². The van der Waals surface area contributed by atoms with Crippen molar-refractivity contribution in [1.29, 1.82) is 0 Å². The molecular formula is C26H35IN4O. The van der Waals surface area contributed by atoms with Gasteiger partial charge in [0.25, 0.3) is 5.91 Å². The van der Waals surface area contributed by atoms with Crippen LogP contribution >= 0.6 is 0 Å². The van der Waals surface area contributed by atoms with Crippen molar-refractivity contribution in [2.75, 3.05) is 33.2 Å². The summed E-state index contributed by atoms with van der Waals surface area (Å²) in [6, 6.07) is 19.0. The van der Waals surface area contributed by atoms with Crippen LogP contribution in [0.3, 0.4) is 0 Å². The van der Waals surface area contributed by atoms with Gasteiger partial charge < -0.3 is 33.8 Å². The third-order valence-electron chi connectivity index (χ3n) is 6.81. The summed E-state index contributed by atoms with van der Waals surface area (Å²) < 4.78 is 3.07. The summed E-state index contributed by atoms with van der Waals surface area (Å²) in [7, 11) is 2.38. The molecule has 1 aliphatic heterocycles. The van der Waals surface area contributed by atoms with Crippen molar-refractivity contribution in [1.82, 2.24) is 15.1 Å². The second-order valence-electron chi connectivity index (χ2n) is 9.58. The van der Waals surface area contributed by atoms with E-state index in [2.05, 4.69) is 61.6 Å². The number of carbonyl (C=O) groups excluding carboxylic acids is 1.